The molecule has 4 aromatic rings. The van der Waals surface area contributed by atoms with Gasteiger partial charge in [0, 0.05) is 29.7 Å². The van der Waals surface area contributed by atoms with Gasteiger partial charge in [-0.2, -0.15) is 9.50 Å². The second-order valence-corrected chi connectivity index (χ2v) is 6.69. The number of aromatic nitrogens is 5. The number of fused-ring (bicyclic) bond motifs is 1. The Morgan fingerprint density at radius 3 is 2.61 bits per heavy atom. The molecule has 0 aliphatic carbocycles. The van der Waals surface area contributed by atoms with Crippen molar-refractivity contribution in [3.05, 3.63) is 60.6 Å². The number of pyridine rings is 1. The summed E-state index contributed by atoms with van der Waals surface area (Å²) in [6.07, 6.45) is 3.48. The Morgan fingerprint density at radius 1 is 1.11 bits per heavy atom. The highest BCUT2D eigenvalue weighted by molar-refractivity contribution is 5.62. The summed E-state index contributed by atoms with van der Waals surface area (Å²) in [6.45, 7) is 6.83. The van der Waals surface area contributed by atoms with Gasteiger partial charge in [-0.1, -0.05) is 13.8 Å². The van der Waals surface area contributed by atoms with Gasteiger partial charge in [0.05, 0.1) is 12.3 Å². The maximum Gasteiger partial charge on any atom is 0.254 e. The third kappa shape index (κ3) is 3.64. The van der Waals surface area contributed by atoms with Gasteiger partial charge in [0.2, 0.25) is 0 Å². The van der Waals surface area contributed by atoms with Crippen molar-refractivity contribution in [1.29, 1.82) is 0 Å². The fourth-order valence-corrected chi connectivity index (χ4v) is 2.84. The van der Waals surface area contributed by atoms with Gasteiger partial charge >= 0.3 is 0 Å². The molecule has 0 spiro atoms. The Bertz CT molecular complexity index is 1070. The zero-order valence-corrected chi connectivity index (χ0v) is 16.1. The molecule has 0 saturated carbocycles. The van der Waals surface area contributed by atoms with Crippen LogP contribution in [0.3, 0.4) is 0 Å². The lowest BCUT2D eigenvalue weighted by molar-refractivity contribution is 0.340. The van der Waals surface area contributed by atoms with Crippen molar-refractivity contribution in [1.82, 2.24) is 24.6 Å². The predicted octanol–water partition coefficient (Wildman–Crippen LogP) is 4.45. The van der Waals surface area contributed by atoms with E-state index < -0.39 is 0 Å². The van der Waals surface area contributed by atoms with E-state index in [0.717, 1.165) is 28.5 Å². The van der Waals surface area contributed by atoms with Gasteiger partial charge in [-0.05, 0) is 49.2 Å². The molecule has 4 rings (SSSR count). The molecule has 0 radical (unpaired) electrons. The van der Waals surface area contributed by atoms with Gasteiger partial charge in [0.25, 0.3) is 5.78 Å². The van der Waals surface area contributed by atoms with Crippen LogP contribution in [-0.4, -0.2) is 31.2 Å². The first-order chi connectivity index (χ1) is 13.6. The molecule has 3 aromatic heterocycles. The van der Waals surface area contributed by atoms with Crippen molar-refractivity contribution < 1.29 is 4.74 Å². The molecular weight excluding hydrogens is 352 g/mol. The fourth-order valence-electron chi connectivity index (χ4n) is 2.84. The molecule has 1 aromatic carbocycles. The van der Waals surface area contributed by atoms with E-state index in [2.05, 4.69) is 39.2 Å². The van der Waals surface area contributed by atoms with Crippen LogP contribution in [-0.2, 0) is 0 Å². The lowest BCUT2D eigenvalue weighted by atomic mass is 10.1. The van der Waals surface area contributed by atoms with E-state index in [0.29, 0.717) is 18.2 Å². The van der Waals surface area contributed by atoms with Crippen LogP contribution in [0.25, 0.3) is 17.2 Å². The number of anilines is 2. The van der Waals surface area contributed by atoms with Crippen LogP contribution in [0.5, 0.6) is 5.75 Å². The third-order valence-corrected chi connectivity index (χ3v) is 4.28. The summed E-state index contributed by atoms with van der Waals surface area (Å²) in [5.74, 6) is 3.06. The average Bonchev–Trinajstić information content (AvgIpc) is 3.15. The molecule has 1 N–H and O–H groups in total. The second-order valence-electron chi connectivity index (χ2n) is 6.69. The number of nitrogens with zero attached hydrogens (tertiary/aromatic N) is 5. The van der Waals surface area contributed by atoms with Crippen LogP contribution in [0.15, 0.2) is 54.9 Å². The molecule has 7 nitrogen and oxygen atoms in total. The van der Waals surface area contributed by atoms with Crippen molar-refractivity contribution >= 4 is 17.3 Å². The van der Waals surface area contributed by atoms with Crippen LogP contribution in [0.1, 0.15) is 32.4 Å². The maximum absolute atomic E-state index is 5.51. The normalized spacial score (nSPS) is 11.1. The van der Waals surface area contributed by atoms with Gasteiger partial charge in [-0.3, -0.25) is 4.98 Å². The van der Waals surface area contributed by atoms with Gasteiger partial charge in [-0.25, -0.2) is 4.98 Å². The summed E-state index contributed by atoms with van der Waals surface area (Å²) in [5, 5.41) is 8.07. The monoisotopic (exact) mass is 374 g/mol. The number of hydrogen-bond acceptors (Lipinski definition) is 6. The zero-order chi connectivity index (χ0) is 19.5. The van der Waals surface area contributed by atoms with Crippen LogP contribution in [0, 0.1) is 0 Å². The molecule has 28 heavy (non-hydrogen) atoms. The van der Waals surface area contributed by atoms with E-state index in [9.17, 15) is 0 Å². The Hall–Kier alpha value is -3.48. The number of ether oxygens (including phenoxy) is 1. The Kier molecular flexibility index (Phi) is 4.89. The van der Waals surface area contributed by atoms with Crippen LogP contribution in [0.2, 0.25) is 0 Å². The summed E-state index contributed by atoms with van der Waals surface area (Å²) < 4.78 is 7.24. The molecule has 0 bridgehead atoms. The van der Waals surface area contributed by atoms with Gasteiger partial charge in [0.1, 0.15) is 11.6 Å². The van der Waals surface area contributed by atoms with E-state index in [1.165, 1.54) is 0 Å². The predicted molar refractivity (Wildman–Crippen MR) is 109 cm³/mol. The first kappa shape index (κ1) is 17.9. The van der Waals surface area contributed by atoms with E-state index >= 15 is 0 Å². The summed E-state index contributed by atoms with van der Waals surface area (Å²) in [6, 6.07) is 13.6. The van der Waals surface area contributed by atoms with Crippen LogP contribution in [0.4, 0.5) is 11.5 Å². The largest absolute Gasteiger partial charge is 0.494 e. The van der Waals surface area contributed by atoms with Crippen molar-refractivity contribution in [3.63, 3.8) is 0 Å². The molecule has 0 saturated heterocycles. The number of hydrogen-bond donors (Lipinski definition) is 1. The number of rotatable bonds is 6. The molecular formula is C21H22N6O. The number of nitrogens with one attached hydrogen (secondary N) is 1. The first-order valence-corrected chi connectivity index (χ1v) is 9.32. The van der Waals surface area contributed by atoms with Crippen molar-refractivity contribution in [3.8, 4) is 17.1 Å². The van der Waals surface area contributed by atoms with Gasteiger partial charge in [-0.15, -0.1) is 5.10 Å². The quantitative estimate of drug-likeness (QED) is 0.537. The average molecular weight is 374 g/mol. The molecule has 7 heteroatoms. The molecule has 0 atom stereocenters. The fraction of sp³-hybridized carbons (Fsp3) is 0.238. The lowest BCUT2D eigenvalue weighted by Crippen LogP contribution is -2.05. The highest BCUT2D eigenvalue weighted by atomic mass is 16.5. The minimum atomic E-state index is 0.268. The van der Waals surface area contributed by atoms with Crippen LogP contribution < -0.4 is 10.1 Å². The summed E-state index contributed by atoms with van der Waals surface area (Å²) in [7, 11) is 0. The van der Waals surface area contributed by atoms with E-state index in [1.54, 1.807) is 16.9 Å². The molecule has 0 aliphatic heterocycles. The Morgan fingerprint density at radius 2 is 1.93 bits per heavy atom. The minimum Gasteiger partial charge on any atom is -0.494 e. The SMILES string of the molecule is CCOc1ccc(Nc2cc(C(C)C)nc3nc(-c4cccnc4)nn23)cc1. The van der Waals surface area contributed by atoms with Crippen molar-refractivity contribution in [2.45, 2.75) is 26.7 Å². The third-order valence-electron chi connectivity index (χ3n) is 4.28. The van der Waals surface area contributed by atoms with Gasteiger partial charge in [0.15, 0.2) is 5.82 Å². The molecule has 0 aliphatic rings. The molecule has 0 amide bonds. The maximum atomic E-state index is 5.51. The van der Waals surface area contributed by atoms with E-state index in [-0.39, 0.29) is 5.92 Å². The molecule has 3 heterocycles. The summed E-state index contributed by atoms with van der Waals surface area (Å²) >= 11 is 0. The summed E-state index contributed by atoms with van der Waals surface area (Å²) in [4.78, 5) is 13.4. The molecule has 142 valence electrons. The highest BCUT2D eigenvalue weighted by Crippen LogP contribution is 2.25. The summed E-state index contributed by atoms with van der Waals surface area (Å²) in [5.41, 5.74) is 2.74. The van der Waals surface area contributed by atoms with E-state index in [1.807, 2.05) is 49.4 Å². The van der Waals surface area contributed by atoms with Gasteiger partial charge < -0.3 is 10.1 Å². The van der Waals surface area contributed by atoms with Crippen molar-refractivity contribution in [2.75, 3.05) is 11.9 Å². The lowest BCUT2D eigenvalue weighted by Gasteiger charge is -2.12. The molecule has 0 fully saturated rings. The van der Waals surface area contributed by atoms with Crippen LogP contribution >= 0.6 is 0 Å². The Labute approximate surface area is 163 Å². The topological polar surface area (TPSA) is 77.2 Å². The first-order valence-electron chi connectivity index (χ1n) is 9.32. The molecule has 0 unspecified atom stereocenters. The smallest absolute Gasteiger partial charge is 0.254 e. The zero-order valence-electron chi connectivity index (χ0n) is 16.1. The number of benzene rings is 1. The highest BCUT2D eigenvalue weighted by Gasteiger charge is 2.14. The second kappa shape index (κ2) is 7.64. The van der Waals surface area contributed by atoms with Crippen molar-refractivity contribution in [2.24, 2.45) is 0 Å². The van der Waals surface area contributed by atoms with E-state index in [4.69, 9.17) is 4.74 Å². The minimum absolute atomic E-state index is 0.268. The Balaban J connectivity index is 1.75. The standard InChI is InChI=1S/C21H22N6O/c1-4-28-17-9-7-16(8-10-17)23-19-12-18(14(2)3)24-21-25-20(26-27(19)21)15-6-5-11-22-13-15/h5-14,23H,4H2,1-3H3.